The summed E-state index contributed by atoms with van der Waals surface area (Å²) < 4.78 is 0. The molecule has 1 aromatic rings. The highest BCUT2D eigenvalue weighted by Gasteiger charge is 2.19. The van der Waals surface area contributed by atoms with Gasteiger partial charge in [-0.25, -0.2) is 4.98 Å². The Morgan fingerprint density at radius 2 is 2.10 bits per heavy atom. The van der Waals surface area contributed by atoms with Gasteiger partial charge in [-0.3, -0.25) is 0 Å². The van der Waals surface area contributed by atoms with Crippen molar-refractivity contribution in [2.45, 2.75) is 26.7 Å². The van der Waals surface area contributed by atoms with Crippen molar-refractivity contribution in [1.29, 1.82) is 0 Å². The molecule has 2 heterocycles. The number of hydrogen-bond donors (Lipinski definition) is 1. The van der Waals surface area contributed by atoms with E-state index in [0.717, 1.165) is 36.3 Å². The minimum atomic E-state index is 0.725. The zero-order valence-corrected chi connectivity index (χ0v) is 13.2. The molecule has 0 bridgehead atoms. The molecule has 0 saturated carbocycles. The fraction of sp³-hybridized carbons (Fsp3) is 0.733. The van der Waals surface area contributed by atoms with E-state index in [-0.39, 0.29) is 0 Å². The second-order valence-electron chi connectivity index (χ2n) is 5.86. The molecule has 1 aromatic heterocycles. The van der Waals surface area contributed by atoms with E-state index in [0.29, 0.717) is 0 Å². The summed E-state index contributed by atoms with van der Waals surface area (Å²) in [5, 5.41) is 3.18. The lowest BCUT2D eigenvalue weighted by Gasteiger charge is -2.32. The van der Waals surface area contributed by atoms with Crippen molar-refractivity contribution in [1.82, 2.24) is 14.9 Å². The van der Waals surface area contributed by atoms with Crippen LogP contribution >= 0.6 is 0 Å². The Kier molecular flexibility index (Phi) is 5.17. The van der Waals surface area contributed by atoms with Crippen molar-refractivity contribution >= 4 is 11.8 Å². The minimum absolute atomic E-state index is 0.725. The highest BCUT2D eigenvalue weighted by atomic mass is 15.2. The first-order valence-corrected chi connectivity index (χ1v) is 7.57. The van der Waals surface area contributed by atoms with Crippen LogP contribution in [0.4, 0.5) is 11.8 Å². The van der Waals surface area contributed by atoms with E-state index in [1.165, 1.54) is 25.9 Å². The van der Waals surface area contributed by atoms with Crippen LogP contribution in [0, 0.1) is 12.8 Å². The van der Waals surface area contributed by atoms with Crippen molar-refractivity contribution in [3.05, 3.63) is 11.8 Å². The summed E-state index contributed by atoms with van der Waals surface area (Å²) in [5.74, 6) is 2.55. The number of piperidine rings is 1. The predicted octanol–water partition coefficient (Wildman–Crippen LogP) is 1.99. The molecule has 2 rings (SSSR count). The molecule has 112 valence electrons. The molecule has 0 aliphatic carbocycles. The number of rotatable bonds is 5. The Hall–Kier alpha value is -1.36. The molecule has 20 heavy (non-hydrogen) atoms. The number of anilines is 2. The van der Waals surface area contributed by atoms with E-state index in [1.54, 1.807) is 0 Å². The zero-order valence-electron chi connectivity index (χ0n) is 13.2. The number of nitrogens with zero attached hydrogens (tertiary/aromatic N) is 4. The second-order valence-corrected chi connectivity index (χ2v) is 5.86. The maximum absolute atomic E-state index is 4.64. The molecule has 5 nitrogen and oxygen atoms in total. The molecule has 1 aliphatic heterocycles. The van der Waals surface area contributed by atoms with Gasteiger partial charge < -0.3 is 15.1 Å². The Labute approximate surface area is 122 Å². The summed E-state index contributed by atoms with van der Waals surface area (Å²) in [6.07, 6.45) is 4.47. The smallest absolute Gasteiger partial charge is 0.224 e. The summed E-state index contributed by atoms with van der Waals surface area (Å²) in [6, 6.07) is 0. The molecule has 1 saturated heterocycles. The van der Waals surface area contributed by atoms with Crippen LogP contribution in [0.15, 0.2) is 6.20 Å². The van der Waals surface area contributed by atoms with E-state index in [1.807, 2.05) is 6.20 Å². The number of likely N-dealkylation sites (tertiary alicyclic amines) is 1. The monoisotopic (exact) mass is 277 g/mol. The Bertz CT molecular complexity index is 426. The van der Waals surface area contributed by atoms with E-state index in [4.69, 9.17) is 0 Å². The average molecular weight is 277 g/mol. The van der Waals surface area contributed by atoms with Gasteiger partial charge in [-0.2, -0.15) is 4.98 Å². The lowest BCUT2D eigenvalue weighted by atomic mass is 9.96. The summed E-state index contributed by atoms with van der Waals surface area (Å²) in [4.78, 5) is 13.6. The third-order valence-electron chi connectivity index (χ3n) is 4.01. The summed E-state index contributed by atoms with van der Waals surface area (Å²) in [7, 11) is 4.35. The van der Waals surface area contributed by atoms with Crippen LogP contribution in [0.25, 0.3) is 0 Å². The van der Waals surface area contributed by atoms with Crippen LogP contribution in [0.3, 0.4) is 0 Å². The third-order valence-corrected chi connectivity index (χ3v) is 4.01. The number of nitrogens with one attached hydrogen (secondary N) is 1. The fourth-order valence-corrected chi connectivity index (χ4v) is 2.78. The molecular formula is C15H27N5. The van der Waals surface area contributed by atoms with Gasteiger partial charge in [0.15, 0.2) is 0 Å². The highest BCUT2D eigenvalue weighted by Crippen LogP contribution is 2.22. The van der Waals surface area contributed by atoms with Gasteiger partial charge in [0.1, 0.15) is 5.82 Å². The van der Waals surface area contributed by atoms with Gasteiger partial charge in [-0.15, -0.1) is 0 Å². The molecule has 1 fully saturated rings. The third kappa shape index (κ3) is 3.82. The Morgan fingerprint density at radius 1 is 1.40 bits per heavy atom. The topological polar surface area (TPSA) is 44.3 Å². The number of aryl methyl sites for hydroxylation is 1. The molecule has 0 radical (unpaired) electrons. The fourth-order valence-electron chi connectivity index (χ4n) is 2.78. The first-order chi connectivity index (χ1) is 9.60. The molecule has 0 amide bonds. The first kappa shape index (κ1) is 15.0. The Balaban J connectivity index is 2.00. The van der Waals surface area contributed by atoms with Gasteiger partial charge in [0.25, 0.3) is 0 Å². The average Bonchev–Trinajstić information content (AvgIpc) is 2.43. The van der Waals surface area contributed by atoms with Crippen LogP contribution in [0.2, 0.25) is 0 Å². The first-order valence-electron chi connectivity index (χ1n) is 7.57. The largest absolute Gasteiger partial charge is 0.359 e. The van der Waals surface area contributed by atoms with Crippen molar-refractivity contribution in [2.24, 2.45) is 5.92 Å². The van der Waals surface area contributed by atoms with Gasteiger partial charge >= 0.3 is 0 Å². The molecule has 0 atom stereocenters. The zero-order chi connectivity index (χ0) is 14.5. The van der Waals surface area contributed by atoms with Crippen molar-refractivity contribution in [2.75, 3.05) is 50.5 Å². The number of hydrogen-bond acceptors (Lipinski definition) is 5. The van der Waals surface area contributed by atoms with Gasteiger partial charge in [0.2, 0.25) is 5.95 Å². The molecule has 0 aromatic carbocycles. The Morgan fingerprint density at radius 3 is 2.75 bits per heavy atom. The van der Waals surface area contributed by atoms with E-state index in [9.17, 15) is 0 Å². The maximum atomic E-state index is 4.64. The predicted molar refractivity (Wildman–Crippen MR) is 84.4 cm³/mol. The normalized spacial score (nSPS) is 17.2. The van der Waals surface area contributed by atoms with Gasteiger partial charge in [-0.05, 0) is 52.7 Å². The maximum Gasteiger partial charge on any atom is 0.224 e. The van der Waals surface area contributed by atoms with Crippen LogP contribution < -0.4 is 10.2 Å². The standard InChI is InChI=1S/C15H27N5/c1-5-16-15-17-10-12(2)14(18-15)20(4)11-13-6-8-19(3)9-7-13/h10,13H,5-9,11H2,1-4H3,(H,16,17,18). The summed E-state index contributed by atoms with van der Waals surface area (Å²) >= 11 is 0. The van der Waals surface area contributed by atoms with Gasteiger partial charge in [-0.1, -0.05) is 0 Å². The second kappa shape index (κ2) is 6.88. The van der Waals surface area contributed by atoms with Crippen LogP contribution in [0.5, 0.6) is 0 Å². The van der Waals surface area contributed by atoms with Crippen molar-refractivity contribution in [3.63, 3.8) is 0 Å². The minimum Gasteiger partial charge on any atom is -0.359 e. The highest BCUT2D eigenvalue weighted by molar-refractivity contribution is 5.48. The van der Waals surface area contributed by atoms with E-state index >= 15 is 0 Å². The molecule has 0 spiro atoms. The molecular weight excluding hydrogens is 250 g/mol. The van der Waals surface area contributed by atoms with Crippen molar-refractivity contribution < 1.29 is 0 Å². The van der Waals surface area contributed by atoms with Gasteiger partial charge in [0, 0.05) is 31.9 Å². The van der Waals surface area contributed by atoms with Crippen molar-refractivity contribution in [3.8, 4) is 0 Å². The van der Waals surface area contributed by atoms with E-state index in [2.05, 4.69) is 53.0 Å². The SMILES string of the molecule is CCNc1ncc(C)c(N(C)CC2CCN(C)CC2)n1. The van der Waals surface area contributed by atoms with Crippen LogP contribution in [-0.2, 0) is 0 Å². The quantitative estimate of drug-likeness (QED) is 0.892. The van der Waals surface area contributed by atoms with Gasteiger partial charge in [0.05, 0.1) is 0 Å². The molecule has 1 N–H and O–H groups in total. The van der Waals surface area contributed by atoms with Crippen LogP contribution in [-0.4, -0.2) is 55.1 Å². The van der Waals surface area contributed by atoms with Crippen LogP contribution in [0.1, 0.15) is 25.3 Å². The summed E-state index contributed by atoms with van der Waals surface area (Å²) in [6.45, 7) is 8.49. The molecule has 0 unspecified atom stereocenters. The molecule has 5 heteroatoms. The van der Waals surface area contributed by atoms with E-state index < -0.39 is 0 Å². The molecule has 1 aliphatic rings. The lowest BCUT2D eigenvalue weighted by molar-refractivity contribution is 0.222. The number of aromatic nitrogens is 2. The lowest BCUT2D eigenvalue weighted by Crippen LogP contribution is -2.36. The summed E-state index contributed by atoms with van der Waals surface area (Å²) in [5.41, 5.74) is 1.14.